The van der Waals surface area contributed by atoms with Crippen molar-refractivity contribution in [2.24, 2.45) is 0 Å². The summed E-state index contributed by atoms with van der Waals surface area (Å²) in [6.07, 6.45) is 0.629. The van der Waals surface area contributed by atoms with E-state index >= 15 is 0 Å². The number of rotatable bonds is 7. The van der Waals surface area contributed by atoms with Gasteiger partial charge in [0.2, 0.25) is 5.91 Å². The van der Waals surface area contributed by atoms with Gasteiger partial charge in [0.1, 0.15) is 11.6 Å². The summed E-state index contributed by atoms with van der Waals surface area (Å²) in [5.74, 6) is 0.426. The second-order valence-electron chi connectivity index (χ2n) is 7.08. The number of anilines is 1. The van der Waals surface area contributed by atoms with Gasteiger partial charge in [-0.1, -0.05) is 54.2 Å². The average molecular weight is 433 g/mol. The normalized spacial score (nSPS) is 10.8. The molecule has 1 N–H and O–H groups in total. The summed E-state index contributed by atoms with van der Waals surface area (Å²) in [4.78, 5) is 12.4. The van der Waals surface area contributed by atoms with E-state index in [9.17, 15) is 9.18 Å². The molecular weight excluding hydrogens is 411 g/mol. The second-order valence-corrected chi connectivity index (χ2v) is 8.02. The lowest BCUT2D eigenvalue weighted by molar-refractivity contribution is -0.113. The Morgan fingerprint density at radius 2 is 1.77 bits per heavy atom. The van der Waals surface area contributed by atoms with Crippen molar-refractivity contribution >= 4 is 23.4 Å². The lowest BCUT2D eigenvalue weighted by Gasteiger charge is -2.11. The fourth-order valence-corrected chi connectivity index (χ4v) is 3.94. The molecule has 5 nitrogen and oxygen atoms in total. The maximum Gasteiger partial charge on any atom is 0.234 e. The number of carbonyl (C=O) groups excluding carboxylic acids is 1. The Balaban J connectivity index is 1.55. The van der Waals surface area contributed by atoms with Crippen LogP contribution in [0, 0.1) is 12.7 Å². The number of nitrogens with zero attached hydrogens (tertiary/aromatic N) is 3. The summed E-state index contributed by atoms with van der Waals surface area (Å²) < 4.78 is 15.0. The highest BCUT2D eigenvalue weighted by Gasteiger charge is 2.16. The van der Waals surface area contributed by atoms with Crippen LogP contribution in [-0.2, 0) is 11.2 Å². The molecule has 0 aliphatic rings. The summed E-state index contributed by atoms with van der Waals surface area (Å²) in [6.45, 7) is 2.04. The van der Waals surface area contributed by atoms with Gasteiger partial charge in [0.25, 0.3) is 0 Å². The molecular formula is C24H21FN4OS. The maximum atomic E-state index is 13.1. The average Bonchev–Trinajstić information content (AvgIpc) is 3.17. The van der Waals surface area contributed by atoms with Crippen molar-refractivity contribution < 1.29 is 9.18 Å². The second kappa shape index (κ2) is 9.57. The lowest BCUT2D eigenvalue weighted by Crippen LogP contribution is -2.14. The highest BCUT2D eigenvalue weighted by molar-refractivity contribution is 7.99. The molecule has 1 amide bonds. The standard InChI is InChI=1S/C24H21FN4OS/c1-17-6-5-9-21(14-17)29-22(15-18-7-3-2-4-8-18)27-28-24(29)31-16-23(30)26-20-12-10-19(25)11-13-20/h2-14H,15-16H2,1H3,(H,26,30). The topological polar surface area (TPSA) is 59.8 Å². The van der Waals surface area contributed by atoms with Crippen molar-refractivity contribution in [3.05, 3.63) is 102 Å². The van der Waals surface area contributed by atoms with Gasteiger partial charge in [-0.25, -0.2) is 4.39 Å². The van der Waals surface area contributed by atoms with Crippen molar-refractivity contribution in [2.45, 2.75) is 18.5 Å². The first-order chi connectivity index (χ1) is 15.1. The third-order valence-electron chi connectivity index (χ3n) is 4.63. The number of halogens is 1. The minimum Gasteiger partial charge on any atom is -0.325 e. The number of hydrogen-bond donors (Lipinski definition) is 1. The number of nitrogens with one attached hydrogen (secondary N) is 1. The number of thioether (sulfide) groups is 1. The number of aryl methyl sites for hydroxylation is 1. The number of carbonyl (C=O) groups is 1. The van der Waals surface area contributed by atoms with Crippen molar-refractivity contribution in [3.63, 3.8) is 0 Å². The monoisotopic (exact) mass is 432 g/mol. The van der Waals surface area contributed by atoms with Crippen LogP contribution in [0.2, 0.25) is 0 Å². The molecule has 0 spiro atoms. The fourth-order valence-electron chi connectivity index (χ4n) is 3.17. The molecule has 0 unspecified atom stereocenters. The SMILES string of the molecule is Cc1cccc(-n2c(Cc3ccccc3)nnc2SCC(=O)Nc2ccc(F)cc2)c1. The summed E-state index contributed by atoms with van der Waals surface area (Å²) in [5.41, 5.74) is 3.77. The predicted octanol–water partition coefficient (Wildman–Crippen LogP) is 5.04. The molecule has 31 heavy (non-hydrogen) atoms. The third kappa shape index (κ3) is 5.38. The Hall–Kier alpha value is -3.45. The molecule has 4 rings (SSSR count). The van der Waals surface area contributed by atoms with E-state index in [0.29, 0.717) is 17.3 Å². The van der Waals surface area contributed by atoms with Crippen molar-refractivity contribution in [1.29, 1.82) is 0 Å². The van der Waals surface area contributed by atoms with Crippen LogP contribution >= 0.6 is 11.8 Å². The van der Waals surface area contributed by atoms with Gasteiger partial charge in [-0.15, -0.1) is 10.2 Å². The summed E-state index contributed by atoms with van der Waals surface area (Å²) >= 11 is 1.31. The van der Waals surface area contributed by atoms with Crippen LogP contribution in [0.15, 0.2) is 84.0 Å². The van der Waals surface area contributed by atoms with E-state index in [1.807, 2.05) is 47.9 Å². The van der Waals surface area contributed by atoms with Gasteiger partial charge in [0.05, 0.1) is 5.75 Å². The zero-order valence-electron chi connectivity index (χ0n) is 17.0. The largest absolute Gasteiger partial charge is 0.325 e. The van der Waals surface area contributed by atoms with Crippen LogP contribution in [0.5, 0.6) is 0 Å². The maximum absolute atomic E-state index is 13.1. The Morgan fingerprint density at radius 1 is 1.00 bits per heavy atom. The molecule has 0 saturated carbocycles. The predicted molar refractivity (Wildman–Crippen MR) is 121 cm³/mol. The summed E-state index contributed by atoms with van der Waals surface area (Å²) in [6, 6.07) is 23.9. The quantitative estimate of drug-likeness (QED) is 0.416. The van der Waals surface area contributed by atoms with Crippen molar-refractivity contribution in [2.75, 3.05) is 11.1 Å². The first-order valence-corrected chi connectivity index (χ1v) is 10.8. The highest BCUT2D eigenvalue weighted by Crippen LogP contribution is 2.24. The molecule has 1 aromatic heterocycles. The van der Waals surface area contributed by atoms with Gasteiger partial charge in [0.15, 0.2) is 5.16 Å². The first-order valence-electron chi connectivity index (χ1n) is 9.82. The minimum atomic E-state index is -0.343. The van der Waals surface area contributed by atoms with E-state index in [4.69, 9.17) is 0 Å². The van der Waals surface area contributed by atoms with Crippen molar-refractivity contribution in [1.82, 2.24) is 14.8 Å². The van der Waals surface area contributed by atoms with Crippen LogP contribution in [-0.4, -0.2) is 26.4 Å². The number of hydrogen-bond acceptors (Lipinski definition) is 4. The number of amides is 1. The third-order valence-corrected chi connectivity index (χ3v) is 5.55. The molecule has 0 radical (unpaired) electrons. The molecule has 0 aliphatic heterocycles. The molecule has 4 aromatic rings. The minimum absolute atomic E-state index is 0.159. The van der Waals surface area contributed by atoms with Gasteiger partial charge >= 0.3 is 0 Å². The van der Waals surface area contributed by atoms with Gasteiger partial charge in [-0.2, -0.15) is 0 Å². The molecule has 0 bridgehead atoms. The molecule has 156 valence electrons. The molecule has 0 fully saturated rings. The van der Waals surface area contributed by atoms with Crippen molar-refractivity contribution in [3.8, 4) is 5.69 Å². The molecule has 1 heterocycles. The van der Waals surface area contributed by atoms with E-state index < -0.39 is 0 Å². The molecule has 3 aromatic carbocycles. The number of aromatic nitrogens is 3. The molecule has 0 atom stereocenters. The molecule has 7 heteroatoms. The highest BCUT2D eigenvalue weighted by atomic mass is 32.2. The van der Waals surface area contributed by atoms with Crippen LogP contribution in [0.1, 0.15) is 17.0 Å². The van der Waals surface area contributed by atoms with E-state index in [1.165, 1.54) is 36.0 Å². The number of benzene rings is 3. The van der Waals surface area contributed by atoms with Crippen LogP contribution < -0.4 is 5.32 Å². The summed E-state index contributed by atoms with van der Waals surface area (Å²) in [7, 11) is 0. The fraction of sp³-hybridized carbons (Fsp3) is 0.125. The van der Waals surface area contributed by atoms with Gasteiger partial charge in [-0.05, 0) is 54.4 Å². The Morgan fingerprint density at radius 3 is 2.52 bits per heavy atom. The lowest BCUT2D eigenvalue weighted by atomic mass is 10.1. The van der Waals surface area contributed by atoms with Gasteiger partial charge in [-0.3, -0.25) is 9.36 Å². The molecule has 0 saturated heterocycles. The van der Waals surface area contributed by atoms with E-state index in [2.05, 4.69) is 33.7 Å². The summed E-state index contributed by atoms with van der Waals surface area (Å²) in [5, 5.41) is 12.2. The Bertz CT molecular complexity index is 1180. The Kier molecular flexibility index (Phi) is 6.43. The van der Waals surface area contributed by atoms with E-state index in [1.54, 1.807) is 0 Å². The van der Waals surface area contributed by atoms with E-state index in [-0.39, 0.29) is 17.5 Å². The zero-order chi connectivity index (χ0) is 21.6. The molecule has 0 aliphatic carbocycles. The van der Waals surface area contributed by atoms with E-state index in [0.717, 1.165) is 22.6 Å². The smallest absolute Gasteiger partial charge is 0.234 e. The Labute approximate surface area is 184 Å². The van der Waals surface area contributed by atoms with Gasteiger partial charge in [0, 0.05) is 17.8 Å². The zero-order valence-corrected chi connectivity index (χ0v) is 17.8. The van der Waals surface area contributed by atoms with Crippen LogP contribution in [0.3, 0.4) is 0 Å². The van der Waals surface area contributed by atoms with Crippen LogP contribution in [0.4, 0.5) is 10.1 Å². The first kappa shape index (κ1) is 20.8. The van der Waals surface area contributed by atoms with Crippen LogP contribution in [0.25, 0.3) is 5.69 Å². The van der Waals surface area contributed by atoms with Gasteiger partial charge < -0.3 is 5.32 Å².